The van der Waals surface area contributed by atoms with Gasteiger partial charge < -0.3 is 9.40 Å². The first kappa shape index (κ1) is 9.03. The van der Waals surface area contributed by atoms with Crippen molar-refractivity contribution >= 4 is 11.0 Å². The van der Waals surface area contributed by atoms with E-state index in [1.807, 2.05) is 25.1 Å². The summed E-state index contributed by atoms with van der Waals surface area (Å²) in [5.41, 5.74) is 2.57. The van der Waals surface area contributed by atoms with E-state index in [0.29, 0.717) is 5.88 Å². The van der Waals surface area contributed by atoms with Crippen LogP contribution >= 0.6 is 0 Å². The molecule has 0 aliphatic carbocycles. The van der Waals surface area contributed by atoms with Crippen molar-refractivity contribution in [3.63, 3.8) is 0 Å². The smallest absolute Gasteiger partial charge is 0.333 e. The highest BCUT2D eigenvalue weighted by molar-refractivity contribution is 5.77. The zero-order valence-corrected chi connectivity index (χ0v) is 8.73. The summed E-state index contributed by atoms with van der Waals surface area (Å²) in [7, 11) is 0. The van der Waals surface area contributed by atoms with E-state index in [1.54, 1.807) is 18.4 Å². The van der Waals surface area contributed by atoms with E-state index in [2.05, 4.69) is 4.98 Å². The maximum atomic E-state index is 11.8. The molecule has 0 saturated heterocycles. The molecular weight excluding hydrogens is 204 g/mol. The molecule has 3 aromatic rings. The van der Waals surface area contributed by atoms with Gasteiger partial charge in [0.25, 0.3) is 0 Å². The fourth-order valence-electron chi connectivity index (χ4n) is 1.84. The molecule has 80 valence electrons. The zero-order valence-electron chi connectivity index (χ0n) is 8.73. The third-order valence-corrected chi connectivity index (χ3v) is 2.56. The molecule has 4 nitrogen and oxygen atoms in total. The van der Waals surface area contributed by atoms with Crippen molar-refractivity contribution in [3.05, 3.63) is 52.6 Å². The standard InChI is InChI=1S/C12H10N2O2/c1-8-4-5-10-9(7-8)13-12(15)14(10)11-3-2-6-16-11/h2-7H,1H3,(H,13,15). The molecule has 1 aromatic carbocycles. The number of fused-ring (bicyclic) bond motifs is 1. The Morgan fingerprint density at radius 2 is 2.19 bits per heavy atom. The van der Waals surface area contributed by atoms with Crippen LogP contribution in [0.5, 0.6) is 0 Å². The number of H-pyrrole nitrogens is 1. The maximum absolute atomic E-state index is 11.8. The lowest BCUT2D eigenvalue weighted by atomic mass is 10.2. The average molecular weight is 214 g/mol. The Kier molecular flexibility index (Phi) is 1.77. The number of aromatic nitrogens is 2. The molecule has 1 N–H and O–H groups in total. The number of rotatable bonds is 1. The Morgan fingerprint density at radius 1 is 1.31 bits per heavy atom. The van der Waals surface area contributed by atoms with Crippen molar-refractivity contribution in [3.8, 4) is 5.88 Å². The number of imidazole rings is 1. The van der Waals surface area contributed by atoms with Gasteiger partial charge in [-0.05, 0) is 30.7 Å². The predicted octanol–water partition coefficient (Wildman–Crippen LogP) is 2.22. The first-order valence-electron chi connectivity index (χ1n) is 5.01. The van der Waals surface area contributed by atoms with Crippen molar-refractivity contribution in [2.24, 2.45) is 0 Å². The highest BCUT2D eigenvalue weighted by Crippen LogP contribution is 2.16. The van der Waals surface area contributed by atoms with Crippen LogP contribution in [0, 0.1) is 6.92 Å². The molecule has 0 atom stereocenters. The van der Waals surface area contributed by atoms with Crippen LogP contribution in [-0.2, 0) is 0 Å². The number of benzene rings is 1. The van der Waals surface area contributed by atoms with Gasteiger partial charge in [0.2, 0.25) is 5.88 Å². The summed E-state index contributed by atoms with van der Waals surface area (Å²) in [5, 5.41) is 0. The van der Waals surface area contributed by atoms with Crippen LogP contribution in [0.15, 0.2) is 45.8 Å². The minimum absolute atomic E-state index is 0.185. The molecule has 2 aromatic heterocycles. The van der Waals surface area contributed by atoms with Gasteiger partial charge in [0.15, 0.2) is 0 Å². The Morgan fingerprint density at radius 3 is 2.94 bits per heavy atom. The molecule has 0 aliphatic rings. The van der Waals surface area contributed by atoms with E-state index in [4.69, 9.17) is 4.42 Å². The molecule has 0 saturated carbocycles. The van der Waals surface area contributed by atoms with Crippen LogP contribution in [0.25, 0.3) is 16.9 Å². The van der Waals surface area contributed by atoms with E-state index in [0.717, 1.165) is 16.6 Å². The first-order valence-corrected chi connectivity index (χ1v) is 5.01. The number of hydrogen-bond donors (Lipinski definition) is 1. The fraction of sp³-hybridized carbons (Fsp3) is 0.0833. The number of aryl methyl sites for hydroxylation is 1. The summed E-state index contributed by atoms with van der Waals surface area (Å²) in [6.45, 7) is 1.99. The summed E-state index contributed by atoms with van der Waals surface area (Å²) < 4.78 is 6.76. The monoisotopic (exact) mass is 214 g/mol. The second-order valence-electron chi connectivity index (χ2n) is 3.74. The van der Waals surface area contributed by atoms with Crippen LogP contribution in [-0.4, -0.2) is 9.55 Å². The van der Waals surface area contributed by atoms with Gasteiger partial charge in [-0.15, -0.1) is 0 Å². The number of nitrogens with one attached hydrogen (secondary N) is 1. The molecule has 0 radical (unpaired) electrons. The van der Waals surface area contributed by atoms with Crippen LogP contribution < -0.4 is 5.69 Å². The summed E-state index contributed by atoms with van der Waals surface area (Å²) >= 11 is 0. The molecule has 16 heavy (non-hydrogen) atoms. The normalized spacial score (nSPS) is 11.1. The molecule has 0 aliphatic heterocycles. The topological polar surface area (TPSA) is 50.9 Å². The molecule has 0 unspecified atom stereocenters. The second kappa shape index (κ2) is 3.13. The van der Waals surface area contributed by atoms with Crippen molar-refractivity contribution in [2.75, 3.05) is 0 Å². The lowest BCUT2D eigenvalue weighted by Gasteiger charge is -1.98. The van der Waals surface area contributed by atoms with Gasteiger partial charge in [0.05, 0.1) is 17.3 Å². The summed E-state index contributed by atoms with van der Waals surface area (Å²) in [6, 6.07) is 9.33. The van der Waals surface area contributed by atoms with E-state index >= 15 is 0 Å². The third kappa shape index (κ3) is 1.20. The van der Waals surface area contributed by atoms with Crippen LogP contribution in [0.3, 0.4) is 0 Å². The van der Waals surface area contributed by atoms with Crippen LogP contribution in [0.1, 0.15) is 5.56 Å². The molecular formula is C12H10N2O2. The number of nitrogens with zero attached hydrogens (tertiary/aromatic N) is 1. The Hall–Kier alpha value is -2.23. The van der Waals surface area contributed by atoms with Crippen molar-refractivity contribution in [2.45, 2.75) is 6.92 Å². The number of aromatic amines is 1. The van der Waals surface area contributed by atoms with Gasteiger partial charge in [-0.25, -0.2) is 9.36 Å². The Bertz CT molecular complexity index is 689. The predicted molar refractivity (Wildman–Crippen MR) is 60.9 cm³/mol. The summed E-state index contributed by atoms with van der Waals surface area (Å²) in [5.74, 6) is 0.528. The van der Waals surface area contributed by atoms with Gasteiger partial charge in [-0.3, -0.25) is 0 Å². The SMILES string of the molecule is Cc1ccc2c(c1)[nH]c(=O)n2-c1ccco1. The van der Waals surface area contributed by atoms with Gasteiger partial charge in [-0.2, -0.15) is 0 Å². The van der Waals surface area contributed by atoms with E-state index < -0.39 is 0 Å². The first-order chi connectivity index (χ1) is 7.75. The second-order valence-corrected chi connectivity index (χ2v) is 3.74. The molecule has 0 spiro atoms. The quantitative estimate of drug-likeness (QED) is 0.675. The lowest BCUT2D eigenvalue weighted by Crippen LogP contribution is -2.13. The van der Waals surface area contributed by atoms with Gasteiger partial charge in [0, 0.05) is 6.07 Å². The average Bonchev–Trinajstić information content (AvgIpc) is 2.83. The summed E-state index contributed by atoms with van der Waals surface area (Å²) in [4.78, 5) is 14.6. The van der Waals surface area contributed by atoms with E-state index in [9.17, 15) is 4.79 Å². The van der Waals surface area contributed by atoms with Gasteiger partial charge >= 0.3 is 5.69 Å². The Balaban J connectivity index is 2.41. The van der Waals surface area contributed by atoms with Crippen LogP contribution in [0.4, 0.5) is 0 Å². The third-order valence-electron chi connectivity index (χ3n) is 2.56. The van der Waals surface area contributed by atoms with Crippen molar-refractivity contribution in [1.29, 1.82) is 0 Å². The molecule has 0 amide bonds. The van der Waals surface area contributed by atoms with Crippen molar-refractivity contribution in [1.82, 2.24) is 9.55 Å². The van der Waals surface area contributed by atoms with Gasteiger partial charge in [0.1, 0.15) is 0 Å². The summed E-state index contributed by atoms with van der Waals surface area (Å²) in [6.07, 6.45) is 1.55. The molecule has 0 bridgehead atoms. The Labute approximate surface area is 91.1 Å². The molecule has 2 heterocycles. The fourth-order valence-corrected chi connectivity index (χ4v) is 1.84. The van der Waals surface area contributed by atoms with E-state index in [1.165, 1.54) is 4.57 Å². The zero-order chi connectivity index (χ0) is 11.1. The lowest BCUT2D eigenvalue weighted by molar-refractivity contribution is 0.538. The minimum atomic E-state index is -0.185. The van der Waals surface area contributed by atoms with Crippen molar-refractivity contribution < 1.29 is 4.42 Å². The number of hydrogen-bond acceptors (Lipinski definition) is 2. The molecule has 3 rings (SSSR count). The van der Waals surface area contributed by atoms with Crippen LogP contribution in [0.2, 0.25) is 0 Å². The molecule has 0 fully saturated rings. The highest BCUT2D eigenvalue weighted by Gasteiger charge is 2.09. The maximum Gasteiger partial charge on any atom is 0.333 e. The number of furan rings is 1. The molecule has 4 heteroatoms. The minimum Gasteiger partial charge on any atom is -0.448 e. The van der Waals surface area contributed by atoms with E-state index in [-0.39, 0.29) is 5.69 Å². The largest absolute Gasteiger partial charge is 0.448 e. The highest BCUT2D eigenvalue weighted by atomic mass is 16.3. The van der Waals surface area contributed by atoms with Gasteiger partial charge in [-0.1, -0.05) is 6.07 Å².